The highest BCUT2D eigenvalue weighted by molar-refractivity contribution is 9.10. The number of morpholine rings is 1. The van der Waals surface area contributed by atoms with Gasteiger partial charge < -0.3 is 15.4 Å². The molecule has 1 saturated heterocycles. The van der Waals surface area contributed by atoms with Crippen LogP contribution >= 0.6 is 15.9 Å². The van der Waals surface area contributed by atoms with Crippen LogP contribution in [0, 0.1) is 6.92 Å². The van der Waals surface area contributed by atoms with Gasteiger partial charge in [0.25, 0.3) is 0 Å². The normalized spacial score (nSPS) is 17.3. The van der Waals surface area contributed by atoms with Gasteiger partial charge in [-0.1, -0.05) is 6.07 Å². The van der Waals surface area contributed by atoms with Crippen LogP contribution in [0.3, 0.4) is 0 Å². The minimum Gasteiger partial charge on any atom is -0.378 e. The second-order valence-corrected chi connectivity index (χ2v) is 4.88. The third-order valence-corrected chi connectivity index (χ3v) is 3.31. The van der Waals surface area contributed by atoms with Crippen LogP contribution in [0.15, 0.2) is 27.7 Å². The Balaban J connectivity index is 2.16. The van der Waals surface area contributed by atoms with Crippen LogP contribution in [0.1, 0.15) is 5.56 Å². The minimum atomic E-state index is 0.554. The fraction of sp³-hybridized carbons (Fsp3) is 0.417. The molecule has 0 aliphatic carbocycles. The first-order valence-corrected chi connectivity index (χ1v) is 6.39. The Hall–Kier alpha value is -1.07. The molecule has 2 N–H and O–H groups in total. The lowest BCUT2D eigenvalue weighted by Gasteiger charge is -2.27. The SMILES string of the molecule is Cc1ccc(N=C(N)N2CCOCC2)c(Br)c1. The molecule has 17 heavy (non-hydrogen) atoms. The first-order chi connectivity index (χ1) is 8.16. The molecule has 1 aliphatic rings. The number of hydrogen-bond acceptors (Lipinski definition) is 2. The molecule has 0 bridgehead atoms. The van der Waals surface area contributed by atoms with E-state index in [1.54, 1.807) is 0 Å². The van der Waals surface area contributed by atoms with Gasteiger partial charge in [0.15, 0.2) is 5.96 Å². The molecule has 0 aromatic heterocycles. The Morgan fingerprint density at radius 2 is 2.12 bits per heavy atom. The Bertz CT molecular complexity index is 428. The molecule has 1 aromatic rings. The maximum absolute atomic E-state index is 5.99. The Labute approximate surface area is 110 Å². The summed E-state index contributed by atoms with van der Waals surface area (Å²) in [5.74, 6) is 0.554. The smallest absolute Gasteiger partial charge is 0.196 e. The zero-order chi connectivity index (χ0) is 12.3. The summed E-state index contributed by atoms with van der Waals surface area (Å²) in [6.45, 7) is 5.08. The van der Waals surface area contributed by atoms with Crippen molar-refractivity contribution in [3.63, 3.8) is 0 Å². The largest absolute Gasteiger partial charge is 0.378 e. The number of ether oxygens (including phenoxy) is 1. The molecular weight excluding hydrogens is 282 g/mol. The van der Waals surface area contributed by atoms with Gasteiger partial charge in [0.2, 0.25) is 0 Å². The third-order valence-electron chi connectivity index (χ3n) is 2.67. The lowest BCUT2D eigenvalue weighted by atomic mass is 10.2. The van der Waals surface area contributed by atoms with Crippen LogP contribution in [0.2, 0.25) is 0 Å². The molecule has 0 spiro atoms. The van der Waals surface area contributed by atoms with E-state index in [1.807, 2.05) is 30.0 Å². The topological polar surface area (TPSA) is 50.8 Å². The van der Waals surface area contributed by atoms with Gasteiger partial charge in [0.1, 0.15) is 0 Å². The summed E-state index contributed by atoms with van der Waals surface area (Å²) in [6.07, 6.45) is 0. The monoisotopic (exact) mass is 297 g/mol. The molecule has 4 nitrogen and oxygen atoms in total. The quantitative estimate of drug-likeness (QED) is 0.637. The van der Waals surface area contributed by atoms with Crippen molar-refractivity contribution >= 4 is 27.6 Å². The first-order valence-electron chi connectivity index (χ1n) is 5.60. The molecule has 1 fully saturated rings. The van der Waals surface area contributed by atoms with Crippen molar-refractivity contribution in [1.82, 2.24) is 4.90 Å². The number of guanidine groups is 1. The van der Waals surface area contributed by atoms with E-state index < -0.39 is 0 Å². The molecule has 2 rings (SSSR count). The number of benzene rings is 1. The number of halogens is 1. The van der Waals surface area contributed by atoms with Gasteiger partial charge in [0.05, 0.1) is 18.9 Å². The van der Waals surface area contributed by atoms with Gasteiger partial charge in [-0.05, 0) is 40.5 Å². The van der Waals surface area contributed by atoms with E-state index in [-0.39, 0.29) is 0 Å². The molecule has 1 aliphatic heterocycles. The summed E-state index contributed by atoms with van der Waals surface area (Å²) in [7, 11) is 0. The molecule has 5 heteroatoms. The standard InChI is InChI=1S/C12H16BrN3O/c1-9-2-3-11(10(13)8-9)15-12(14)16-4-6-17-7-5-16/h2-3,8H,4-7H2,1H3,(H2,14,15). The molecule has 0 radical (unpaired) electrons. The molecule has 1 heterocycles. The van der Waals surface area contributed by atoms with Crippen LogP contribution in [0.4, 0.5) is 5.69 Å². The van der Waals surface area contributed by atoms with Gasteiger partial charge in [-0.15, -0.1) is 0 Å². The zero-order valence-electron chi connectivity index (χ0n) is 9.82. The lowest BCUT2D eigenvalue weighted by molar-refractivity contribution is 0.0675. The van der Waals surface area contributed by atoms with E-state index in [4.69, 9.17) is 10.5 Å². The molecule has 0 atom stereocenters. The maximum Gasteiger partial charge on any atom is 0.196 e. The van der Waals surface area contributed by atoms with Gasteiger partial charge in [-0.25, -0.2) is 4.99 Å². The Morgan fingerprint density at radius 1 is 1.41 bits per heavy atom. The van der Waals surface area contributed by atoms with Gasteiger partial charge >= 0.3 is 0 Å². The molecule has 0 amide bonds. The van der Waals surface area contributed by atoms with Crippen LogP contribution in [-0.2, 0) is 4.74 Å². The average Bonchev–Trinajstić information content (AvgIpc) is 2.34. The predicted octanol–water partition coefficient (Wildman–Crippen LogP) is 2.04. The van der Waals surface area contributed by atoms with E-state index >= 15 is 0 Å². The van der Waals surface area contributed by atoms with E-state index in [1.165, 1.54) is 5.56 Å². The number of hydrogen-bond donors (Lipinski definition) is 1. The minimum absolute atomic E-state index is 0.554. The Kier molecular flexibility index (Phi) is 4.02. The lowest BCUT2D eigenvalue weighted by Crippen LogP contribution is -2.44. The van der Waals surface area contributed by atoms with Crippen molar-refractivity contribution in [3.8, 4) is 0 Å². The van der Waals surface area contributed by atoms with Crippen molar-refractivity contribution in [3.05, 3.63) is 28.2 Å². The fourth-order valence-corrected chi connectivity index (χ4v) is 2.27. The summed E-state index contributed by atoms with van der Waals surface area (Å²) in [5.41, 5.74) is 8.04. The molecule has 0 unspecified atom stereocenters. The molecule has 1 aromatic carbocycles. The van der Waals surface area contributed by atoms with Crippen LogP contribution in [0.25, 0.3) is 0 Å². The summed E-state index contributed by atoms with van der Waals surface area (Å²) < 4.78 is 6.24. The number of aryl methyl sites for hydroxylation is 1. The van der Waals surface area contributed by atoms with Gasteiger partial charge in [-0.2, -0.15) is 0 Å². The van der Waals surface area contributed by atoms with Crippen molar-refractivity contribution in [2.24, 2.45) is 10.7 Å². The van der Waals surface area contributed by atoms with Crippen molar-refractivity contribution in [1.29, 1.82) is 0 Å². The maximum atomic E-state index is 5.99. The number of nitrogens with two attached hydrogens (primary N) is 1. The first kappa shape index (κ1) is 12.4. The highest BCUT2D eigenvalue weighted by atomic mass is 79.9. The van der Waals surface area contributed by atoms with E-state index in [0.717, 1.165) is 23.2 Å². The van der Waals surface area contributed by atoms with Crippen molar-refractivity contribution < 1.29 is 4.74 Å². The number of nitrogens with zero attached hydrogens (tertiary/aromatic N) is 2. The molecular formula is C12H16BrN3O. The summed E-state index contributed by atoms with van der Waals surface area (Å²) in [4.78, 5) is 6.48. The van der Waals surface area contributed by atoms with E-state index in [2.05, 4.69) is 20.9 Å². The summed E-state index contributed by atoms with van der Waals surface area (Å²) in [5, 5.41) is 0. The van der Waals surface area contributed by atoms with Crippen molar-refractivity contribution in [2.45, 2.75) is 6.92 Å². The highest BCUT2D eigenvalue weighted by Gasteiger charge is 2.12. The van der Waals surface area contributed by atoms with Gasteiger partial charge in [-0.3, -0.25) is 0 Å². The second kappa shape index (κ2) is 5.51. The van der Waals surface area contributed by atoms with Crippen LogP contribution in [0.5, 0.6) is 0 Å². The fourth-order valence-electron chi connectivity index (χ4n) is 1.69. The highest BCUT2D eigenvalue weighted by Crippen LogP contribution is 2.26. The van der Waals surface area contributed by atoms with E-state index in [9.17, 15) is 0 Å². The average molecular weight is 298 g/mol. The summed E-state index contributed by atoms with van der Waals surface area (Å²) >= 11 is 3.49. The zero-order valence-corrected chi connectivity index (χ0v) is 11.4. The molecule has 0 saturated carbocycles. The Morgan fingerprint density at radius 3 is 2.76 bits per heavy atom. The third kappa shape index (κ3) is 3.20. The second-order valence-electron chi connectivity index (χ2n) is 4.02. The van der Waals surface area contributed by atoms with Crippen LogP contribution < -0.4 is 5.73 Å². The number of rotatable bonds is 1. The van der Waals surface area contributed by atoms with E-state index in [0.29, 0.717) is 19.2 Å². The van der Waals surface area contributed by atoms with Crippen LogP contribution in [-0.4, -0.2) is 37.2 Å². The summed E-state index contributed by atoms with van der Waals surface area (Å²) in [6, 6.07) is 6.02. The van der Waals surface area contributed by atoms with Crippen molar-refractivity contribution in [2.75, 3.05) is 26.3 Å². The number of aliphatic imine (C=N–C) groups is 1. The molecule has 92 valence electrons. The van der Waals surface area contributed by atoms with Gasteiger partial charge in [0, 0.05) is 17.6 Å². The predicted molar refractivity (Wildman–Crippen MR) is 72.6 cm³/mol.